The van der Waals surface area contributed by atoms with Gasteiger partial charge in [0.1, 0.15) is 0 Å². The van der Waals surface area contributed by atoms with E-state index in [-0.39, 0.29) is 12.1 Å². The molecule has 18 heavy (non-hydrogen) atoms. The Labute approximate surface area is 114 Å². The van der Waals surface area contributed by atoms with E-state index in [1.807, 2.05) is 4.90 Å². The lowest BCUT2D eigenvalue weighted by Crippen LogP contribution is -2.55. The molecule has 2 amide bonds. The van der Waals surface area contributed by atoms with Gasteiger partial charge in [-0.25, -0.2) is 4.79 Å². The molecule has 0 aromatic rings. The van der Waals surface area contributed by atoms with Gasteiger partial charge in [0.25, 0.3) is 0 Å². The summed E-state index contributed by atoms with van der Waals surface area (Å²) in [4.78, 5) is 14.6. The zero-order chi connectivity index (χ0) is 13.0. The lowest BCUT2D eigenvalue weighted by Gasteiger charge is -2.36. The van der Waals surface area contributed by atoms with Crippen molar-refractivity contribution < 1.29 is 4.79 Å². The van der Waals surface area contributed by atoms with E-state index in [0.717, 1.165) is 38.6 Å². The van der Waals surface area contributed by atoms with Crippen LogP contribution in [0.15, 0.2) is 0 Å². The normalized spacial score (nSPS) is 25.8. The Morgan fingerprint density at radius 3 is 2.44 bits per heavy atom. The van der Waals surface area contributed by atoms with Crippen LogP contribution in [0, 0.1) is 0 Å². The zero-order valence-corrected chi connectivity index (χ0v) is 11.7. The minimum Gasteiger partial charge on any atom is -0.392 e. The number of thiocarbonyl (C=S) groups is 1. The number of carbonyl (C=O) groups excluding carboxylic acids is 1. The van der Waals surface area contributed by atoms with Gasteiger partial charge in [0.05, 0.1) is 11.0 Å². The molecule has 5 heteroatoms. The molecule has 3 N–H and O–H groups in total. The third kappa shape index (κ3) is 3.34. The number of hydrogen-bond donors (Lipinski definition) is 2. The van der Waals surface area contributed by atoms with Crippen molar-refractivity contribution >= 4 is 23.2 Å². The molecule has 2 rings (SSSR count). The average Bonchev–Trinajstić information content (AvgIpc) is 2.40. The number of nitrogens with zero attached hydrogens (tertiary/aromatic N) is 1. The first-order valence-corrected chi connectivity index (χ1v) is 7.46. The van der Waals surface area contributed by atoms with Crippen molar-refractivity contribution in [1.82, 2.24) is 10.2 Å². The van der Waals surface area contributed by atoms with Crippen LogP contribution in [0.25, 0.3) is 0 Å². The molecule has 0 aromatic carbocycles. The van der Waals surface area contributed by atoms with E-state index < -0.39 is 0 Å². The first-order valence-electron chi connectivity index (χ1n) is 7.05. The Hall–Kier alpha value is -0.840. The molecule has 1 saturated carbocycles. The van der Waals surface area contributed by atoms with Gasteiger partial charge in [0.2, 0.25) is 0 Å². The van der Waals surface area contributed by atoms with Crippen molar-refractivity contribution in [2.45, 2.75) is 63.5 Å². The van der Waals surface area contributed by atoms with Crippen LogP contribution < -0.4 is 11.1 Å². The number of nitrogens with one attached hydrogen (secondary N) is 1. The summed E-state index contributed by atoms with van der Waals surface area (Å²) in [7, 11) is 0. The molecule has 2 aliphatic rings. The fourth-order valence-electron chi connectivity index (χ4n) is 2.97. The Morgan fingerprint density at radius 2 is 1.78 bits per heavy atom. The lowest BCUT2D eigenvalue weighted by molar-refractivity contribution is 0.166. The summed E-state index contributed by atoms with van der Waals surface area (Å²) < 4.78 is 0. The van der Waals surface area contributed by atoms with Crippen LogP contribution in [0.4, 0.5) is 4.79 Å². The molecule has 1 saturated heterocycles. The van der Waals surface area contributed by atoms with Crippen LogP contribution in [0.3, 0.4) is 0 Å². The highest BCUT2D eigenvalue weighted by Gasteiger charge is 2.29. The number of likely N-dealkylation sites (tertiary alicyclic amines) is 1. The van der Waals surface area contributed by atoms with Crippen LogP contribution in [0.1, 0.15) is 51.4 Å². The van der Waals surface area contributed by atoms with Crippen molar-refractivity contribution in [3.05, 3.63) is 0 Å². The van der Waals surface area contributed by atoms with Gasteiger partial charge in [-0.1, -0.05) is 31.5 Å². The Kier molecular flexibility index (Phi) is 4.80. The summed E-state index contributed by atoms with van der Waals surface area (Å²) in [6, 6.07) is 0.330. The average molecular weight is 269 g/mol. The molecular formula is C13H23N3OS. The Balaban J connectivity index is 1.91. The molecule has 4 nitrogen and oxygen atoms in total. The third-order valence-electron chi connectivity index (χ3n) is 4.02. The number of urea groups is 1. The number of nitrogens with two attached hydrogens (primary N) is 1. The smallest absolute Gasteiger partial charge is 0.318 e. The number of piperidine rings is 1. The topological polar surface area (TPSA) is 58.4 Å². The first kappa shape index (κ1) is 13.6. The van der Waals surface area contributed by atoms with Crippen molar-refractivity contribution in [3.8, 4) is 0 Å². The summed E-state index contributed by atoms with van der Waals surface area (Å²) in [5.74, 6) is 0. The molecule has 2 fully saturated rings. The number of rotatable bonds is 2. The summed E-state index contributed by atoms with van der Waals surface area (Å²) in [6.07, 6.45) is 9.04. The van der Waals surface area contributed by atoms with Crippen LogP contribution in [0.2, 0.25) is 0 Å². The minimum absolute atomic E-state index is 0.0272. The fraction of sp³-hybridized carbons (Fsp3) is 0.846. The van der Waals surface area contributed by atoms with E-state index in [9.17, 15) is 4.79 Å². The summed E-state index contributed by atoms with van der Waals surface area (Å²) in [5.41, 5.74) is 5.74. The quantitative estimate of drug-likeness (QED) is 0.755. The van der Waals surface area contributed by atoms with Crippen molar-refractivity contribution in [2.24, 2.45) is 5.73 Å². The summed E-state index contributed by atoms with van der Waals surface area (Å²) in [6.45, 7) is 0.778. The van der Waals surface area contributed by atoms with E-state index in [1.54, 1.807) is 0 Å². The standard InChI is InChI=1S/C13H23N3OS/c14-12(18)11-8-4-5-9-16(11)13(17)15-10-6-2-1-3-7-10/h10-11H,1-9H2,(H2,14,18)(H,15,17). The van der Waals surface area contributed by atoms with Crippen LogP contribution in [-0.4, -0.2) is 34.5 Å². The number of hydrogen-bond acceptors (Lipinski definition) is 2. The SMILES string of the molecule is NC(=S)C1CCCCN1C(=O)NC1CCCCC1. The molecule has 0 aromatic heterocycles. The van der Waals surface area contributed by atoms with Gasteiger partial charge in [-0.15, -0.1) is 0 Å². The maximum atomic E-state index is 12.3. The monoisotopic (exact) mass is 269 g/mol. The second kappa shape index (κ2) is 6.36. The van der Waals surface area contributed by atoms with E-state index in [4.69, 9.17) is 18.0 Å². The molecule has 0 radical (unpaired) electrons. The highest BCUT2D eigenvalue weighted by molar-refractivity contribution is 7.80. The largest absolute Gasteiger partial charge is 0.392 e. The van der Waals surface area contributed by atoms with Crippen LogP contribution in [-0.2, 0) is 0 Å². The van der Waals surface area contributed by atoms with Gasteiger partial charge in [0.15, 0.2) is 0 Å². The van der Waals surface area contributed by atoms with E-state index in [1.165, 1.54) is 19.3 Å². The predicted molar refractivity (Wildman–Crippen MR) is 76.5 cm³/mol. The van der Waals surface area contributed by atoms with Gasteiger partial charge in [-0.2, -0.15) is 0 Å². The first-order chi connectivity index (χ1) is 8.68. The van der Waals surface area contributed by atoms with Gasteiger partial charge in [-0.3, -0.25) is 0 Å². The number of amides is 2. The molecule has 1 unspecified atom stereocenters. The maximum absolute atomic E-state index is 12.3. The van der Waals surface area contributed by atoms with Crippen molar-refractivity contribution in [2.75, 3.05) is 6.54 Å². The van der Waals surface area contributed by atoms with Gasteiger partial charge in [0, 0.05) is 12.6 Å². The molecular weight excluding hydrogens is 246 g/mol. The molecule has 102 valence electrons. The Bertz CT molecular complexity index is 315. The van der Waals surface area contributed by atoms with Gasteiger partial charge in [-0.05, 0) is 32.1 Å². The maximum Gasteiger partial charge on any atom is 0.318 e. The van der Waals surface area contributed by atoms with Gasteiger partial charge < -0.3 is 16.0 Å². The van der Waals surface area contributed by atoms with Crippen LogP contribution in [0.5, 0.6) is 0 Å². The molecule has 1 atom stereocenters. The molecule has 1 aliphatic heterocycles. The predicted octanol–water partition coefficient (Wildman–Crippen LogP) is 2.17. The fourth-order valence-corrected chi connectivity index (χ4v) is 3.22. The second-order valence-electron chi connectivity index (χ2n) is 5.39. The van der Waals surface area contributed by atoms with Crippen molar-refractivity contribution in [1.29, 1.82) is 0 Å². The number of carbonyl (C=O) groups is 1. The second-order valence-corrected chi connectivity index (χ2v) is 5.86. The van der Waals surface area contributed by atoms with E-state index in [0.29, 0.717) is 11.0 Å². The molecule has 1 heterocycles. The van der Waals surface area contributed by atoms with Gasteiger partial charge >= 0.3 is 6.03 Å². The highest BCUT2D eigenvalue weighted by atomic mass is 32.1. The van der Waals surface area contributed by atoms with Crippen LogP contribution >= 0.6 is 12.2 Å². The third-order valence-corrected chi connectivity index (χ3v) is 4.30. The molecule has 0 bridgehead atoms. The highest BCUT2D eigenvalue weighted by Crippen LogP contribution is 2.20. The summed E-state index contributed by atoms with van der Waals surface area (Å²) in [5, 5.41) is 3.15. The Morgan fingerprint density at radius 1 is 1.11 bits per heavy atom. The lowest BCUT2D eigenvalue weighted by atomic mass is 9.95. The van der Waals surface area contributed by atoms with E-state index in [2.05, 4.69) is 5.32 Å². The minimum atomic E-state index is -0.0441. The van der Waals surface area contributed by atoms with Crippen molar-refractivity contribution in [3.63, 3.8) is 0 Å². The zero-order valence-electron chi connectivity index (χ0n) is 10.9. The molecule has 0 spiro atoms. The van der Waals surface area contributed by atoms with E-state index >= 15 is 0 Å². The summed E-state index contributed by atoms with van der Waals surface area (Å²) >= 11 is 5.07. The molecule has 1 aliphatic carbocycles.